The Hall–Kier alpha value is -3.43. The molecule has 2 aromatic rings. The second kappa shape index (κ2) is 7.85. The zero-order chi connectivity index (χ0) is 20.2. The predicted molar refractivity (Wildman–Crippen MR) is 88.0 cm³/mol. The lowest BCUT2D eigenvalue weighted by atomic mass is 10.2. The van der Waals surface area contributed by atoms with Crippen molar-refractivity contribution in [1.29, 1.82) is 0 Å². The number of carbonyl (C=O) groups excluding carboxylic acids is 2. The summed E-state index contributed by atoms with van der Waals surface area (Å²) in [6.45, 7) is 1.26. The molecule has 0 saturated carbocycles. The highest BCUT2D eigenvalue weighted by Gasteiger charge is 2.30. The van der Waals surface area contributed by atoms with Gasteiger partial charge in [-0.25, -0.2) is 4.79 Å². The molecule has 0 unspecified atom stereocenters. The Bertz CT molecular complexity index is 866. The number of benzene rings is 2. The summed E-state index contributed by atoms with van der Waals surface area (Å²) >= 11 is 0. The fourth-order valence-electron chi connectivity index (χ4n) is 2.01. The van der Waals surface area contributed by atoms with E-state index in [9.17, 15) is 32.9 Å². The molecule has 1 amide bonds. The van der Waals surface area contributed by atoms with Gasteiger partial charge < -0.3 is 10.1 Å². The molecule has 2 aromatic carbocycles. The van der Waals surface area contributed by atoms with Crippen molar-refractivity contribution in [3.8, 4) is 0 Å². The number of nitrogens with one attached hydrogen (secondary N) is 1. The van der Waals surface area contributed by atoms with Crippen LogP contribution in [0.15, 0.2) is 48.5 Å². The second-order valence-corrected chi connectivity index (χ2v) is 5.42. The first-order valence-corrected chi connectivity index (χ1v) is 7.51. The lowest BCUT2D eigenvalue weighted by molar-refractivity contribution is -0.384. The van der Waals surface area contributed by atoms with E-state index < -0.39 is 34.6 Å². The highest BCUT2D eigenvalue weighted by Crippen LogP contribution is 2.29. The van der Waals surface area contributed by atoms with E-state index in [0.29, 0.717) is 0 Å². The van der Waals surface area contributed by atoms with E-state index in [1.54, 1.807) is 0 Å². The Morgan fingerprint density at radius 2 is 1.78 bits per heavy atom. The molecule has 2 rings (SSSR count). The van der Waals surface area contributed by atoms with Crippen LogP contribution in [0.1, 0.15) is 22.8 Å². The minimum atomic E-state index is -4.50. The third-order valence-electron chi connectivity index (χ3n) is 3.43. The van der Waals surface area contributed by atoms with Crippen LogP contribution in [0.5, 0.6) is 0 Å². The Balaban J connectivity index is 2.00. The molecular weight excluding hydrogens is 369 g/mol. The first-order valence-electron chi connectivity index (χ1n) is 7.51. The Kier molecular flexibility index (Phi) is 5.78. The van der Waals surface area contributed by atoms with Gasteiger partial charge in [-0.2, -0.15) is 13.2 Å². The standard InChI is InChI=1S/C17H13F3N2O5/c1-10(27-16(24)11-3-2-4-14(9-11)22(25)26)15(23)21-13-7-5-12(6-8-13)17(18,19)20/h2-10H,1H3,(H,21,23)/t10-/m1/s1. The number of nitro benzene ring substituents is 1. The molecule has 0 aromatic heterocycles. The third-order valence-corrected chi connectivity index (χ3v) is 3.43. The van der Waals surface area contributed by atoms with Crippen molar-refractivity contribution in [2.75, 3.05) is 5.32 Å². The predicted octanol–water partition coefficient (Wildman–Crippen LogP) is 3.80. The normalized spacial score (nSPS) is 12.1. The molecule has 10 heteroatoms. The quantitative estimate of drug-likeness (QED) is 0.482. The van der Waals surface area contributed by atoms with Gasteiger partial charge in [-0.05, 0) is 37.3 Å². The molecule has 0 spiro atoms. The van der Waals surface area contributed by atoms with Crippen molar-refractivity contribution in [2.45, 2.75) is 19.2 Å². The minimum absolute atomic E-state index is 0.0891. The number of rotatable bonds is 5. The molecule has 1 N–H and O–H groups in total. The zero-order valence-corrected chi connectivity index (χ0v) is 13.8. The van der Waals surface area contributed by atoms with Crippen LogP contribution in [0.2, 0.25) is 0 Å². The SMILES string of the molecule is C[C@@H](OC(=O)c1cccc([N+](=O)[O-])c1)C(=O)Nc1ccc(C(F)(F)F)cc1. The number of amides is 1. The summed E-state index contributed by atoms with van der Waals surface area (Å²) in [5.41, 5.74) is -1.21. The van der Waals surface area contributed by atoms with Crippen molar-refractivity contribution in [2.24, 2.45) is 0 Å². The first-order chi connectivity index (χ1) is 12.6. The van der Waals surface area contributed by atoms with Gasteiger partial charge in [0.15, 0.2) is 6.10 Å². The van der Waals surface area contributed by atoms with Gasteiger partial charge in [-0.3, -0.25) is 14.9 Å². The molecule has 0 aliphatic carbocycles. The Morgan fingerprint density at radius 1 is 1.15 bits per heavy atom. The van der Waals surface area contributed by atoms with Crippen LogP contribution in [0.3, 0.4) is 0 Å². The van der Waals surface area contributed by atoms with Crippen molar-refractivity contribution < 1.29 is 32.4 Å². The van der Waals surface area contributed by atoms with Gasteiger partial charge in [0.2, 0.25) is 0 Å². The Morgan fingerprint density at radius 3 is 2.33 bits per heavy atom. The smallest absolute Gasteiger partial charge is 0.416 e. The summed E-state index contributed by atoms with van der Waals surface area (Å²) in [4.78, 5) is 34.0. The van der Waals surface area contributed by atoms with E-state index in [-0.39, 0.29) is 16.9 Å². The van der Waals surface area contributed by atoms with E-state index in [1.807, 2.05) is 0 Å². The van der Waals surface area contributed by atoms with E-state index in [2.05, 4.69) is 5.32 Å². The van der Waals surface area contributed by atoms with Crippen LogP contribution in [-0.2, 0) is 15.7 Å². The molecule has 1 atom stereocenters. The van der Waals surface area contributed by atoms with Gasteiger partial charge in [0, 0.05) is 17.8 Å². The number of ether oxygens (including phenoxy) is 1. The molecule has 27 heavy (non-hydrogen) atoms. The van der Waals surface area contributed by atoms with Crippen molar-refractivity contribution >= 4 is 23.3 Å². The number of hydrogen-bond donors (Lipinski definition) is 1. The Labute approximate surface area is 150 Å². The minimum Gasteiger partial charge on any atom is -0.449 e. The van der Waals surface area contributed by atoms with Crippen LogP contribution >= 0.6 is 0 Å². The van der Waals surface area contributed by atoms with Crippen LogP contribution in [0.4, 0.5) is 24.5 Å². The zero-order valence-electron chi connectivity index (χ0n) is 13.8. The molecule has 7 nitrogen and oxygen atoms in total. The molecule has 0 bridgehead atoms. The number of nitro groups is 1. The summed E-state index contributed by atoms with van der Waals surface area (Å²) in [5, 5.41) is 13.0. The summed E-state index contributed by atoms with van der Waals surface area (Å²) in [6.07, 6.45) is -5.78. The molecule has 0 radical (unpaired) electrons. The summed E-state index contributed by atoms with van der Waals surface area (Å²) < 4.78 is 42.4. The van der Waals surface area contributed by atoms with Crippen LogP contribution in [0, 0.1) is 10.1 Å². The molecule has 0 aliphatic rings. The molecule has 0 saturated heterocycles. The van der Waals surface area contributed by atoms with Gasteiger partial charge in [0.25, 0.3) is 11.6 Å². The van der Waals surface area contributed by atoms with Crippen LogP contribution < -0.4 is 5.32 Å². The molecule has 0 heterocycles. The highest BCUT2D eigenvalue weighted by atomic mass is 19.4. The van der Waals surface area contributed by atoms with Crippen LogP contribution in [0.25, 0.3) is 0 Å². The maximum absolute atomic E-state index is 12.5. The first kappa shape index (κ1) is 19.9. The number of anilines is 1. The van der Waals surface area contributed by atoms with Crippen molar-refractivity contribution in [3.05, 3.63) is 69.8 Å². The summed E-state index contributed by atoms with van der Waals surface area (Å²) in [5.74, 6) is -1.72. The van der Waals surface area contributed by atoms with E-state index >= 15 is 0 Å². The number of esters is 1. The molecule has 0 fully saturated rings. The van der Waals surface area contributed by atoms with Gasteiger partial charge in [-0.1, -0.05) is 6.07 Å². The lowest BCUT2D eigenvalue weighted by Gasteiger charge is -2.14. The van der Waals surface area contributed by atoms with Gasteiger partial charge >= 0.3 is 12.1 Å². The fraction of sp³-hybridized carbons (Fsp3) is 0.176. The topological polar surface area (TPSA) is 98.5 Å². The van der Waals surface area contributed by atoms with Gasteiger partial charge in [0.1, 0.15) is 0 Å². The van der Waals surface area contributed by atoms with Gasteiger partial charge in [-0.15, -0.1) is 0 Å². The average Bonchev–Trinajstić information content (AvgIpc) is 2.61. The fourth-order valence-corrected chi connectivity index (χ4v) is 2.01. The lowest BCUT2D eigenvalue weighted by Crippen LogP contribution is -2.30. The maximum Gasteiger partial charge on any atom is 0.416 e. The van der Waals surface area contributed by atoms with E-state index in [1.165, 1.54) is 25.1 Å². The second-order valence-electron chi connectivity index (χ2n) is 5.42. The van der Waals surface area contributed by atoms with E-state index in [0.717, 1.165) is 30.3 Å². The highest BCUT2D eigenvalue weighted by molar-refractivity contribution is 5.97. The van der Waals surface area contributed by atoms with Crippen LogP contribution in [-0.4, -0.2) is 22.9 Å². The van der Waals surface area contributed by atoms with E-state index in [4.69, 9.17) is 4.74 Å². The van der Waals surface area contributed by atoms with Gasteiger partial charge in [0.05, 0.1) is 16.1 Å². The number of carbonyl (C=O) groups is 2. The monoisotopic (exact) mass is 382 g/mol. The van der Waals surface area contributed by atoms with Crippen molar-refractivity contribution in [1.82, 2.24) is 0 Å². The summed E-state index contributed by atoms with van der Waals surface area (Å²) in [7, 11) is 0. The number of alkyl halides is 3. The number of non-ortho nitro benzene ring substituents is 1. The molecular formula is C17H13F3N2O5. The number of nitrogens with zero attached hydrogens (tertiary/aromatic N) is 1. The molecule has 0 aliphatic heterocycles. The summed E-state index contributed by atoms with van der Waals surface area (Å²) in [6, 6.07) is 8.51. The molecule has 142 valence electrons. The number of hydrogen-bond acceptors (Lipinski definition) is 5. The van der Waals surface area contributed by atoms with Crippen molar-refractivity contribution in [3.63, 3.8) is 0 Å². The number of halogens is 3. The third kappa shape index (κ3) is 5.27. The largest absolute Gasteiger partial charge is 0.449 e. The maximum atomic E-state index is 12.5. The average molecular weight is 382 g/mol.